The van der Waals surface area contributed by atoms with Crippen LogP contribution in [0.4, 0.5) is 0 Å². The topological polar surface area (TPSA) is 18.5 Å². The van der Waals surface area contributed by atoms with Gasteiger partial charge in [0.05, 0.1) is 0 Å². The van der Waals surface area contributed by atoms with Crippen LogP contribution < -0.4 is 0 Å². The molecule has 0 amide bonds. The van der Waals surface area contributed by atoms with Crippen molar-refractivity contribution in [1.29, 1.82) is 0 Å². The first kappa shape index (κ1) is 30.9. The van der Waals surface area contributed by atoms with Gasteiger partial charge in [-0.15, -0.1) is 0 Å². The third kappa shape index (κ3) is 19.9. The average molecular weight is 528 g/mol. The second-order valence-electron chi connectivity index (χ2n) is 9.80. The minimum absolute atomic E-state index is 0.554. The monoisotopic (exact) mass is 528 g/mol. The Kier molecular flexibility index (Phi) is 23.5. The molecule has 0 spiro atoms. The Morgan fingerprint density at radius 2 is 0.788 bits per heavy atom. The quantitative estimate of drug-likeness (QED) is 0.0884. The summed E-state index contributed by atoms with van der Waals surface area (Å²) in [6, 6.07) is 0. The van der Waals surface area contributed by atoms with Gasteiger partial charge in [-0.2, -0.15) is 0 Å². The summed E-state index contributed by atoms with van der Waals surface area (Å²) in [5.41, 5.74) is 3.07. The Labute approximate surface area is 213 Å². The van der Waals surface area contributed by atoms with Crippen LogP contribution in [-0.4, -0.2) is 40.9 Å². The molecule has 1 aromatic rings. The molecular formula is C30H56O2Se. The van der Waals surface area contributed by atoms with E-state index in [0.717, 1.165) is 39.3 Å². The molecule has 0 bridgehead atoms. The molecule has 0 aliphatic rings. The van der Waals surface area contributed by atoms with Gasteiger partial charge in [0.15, 0.2) is 0 Å². The molecular weight excluding hydrogens is 471 g/mol. The van der Waals surface area contributed by atoms with Crippen molar-refractivity contribution in [2.75, 3.05) is 26.4 Å². The van der Waals surface area contributed by atoms with E-state index in [9.17, 15) is 0 Å². The molecule has 0 aliphatic carbocycles. The van der Waals surface area contributed by atoms with Gasteiger partial charge < -0.3 is 0 Å². The Hall–Kier alpha value is -0.0805. The fourth-order valence-electron chi connectivity index (χ4n) is 4.39. The number of hydrogen-bond donors (Lipinski definition) is 0. The fourth-order valence-corrected chi connectivity index (χ4v) is 6.35. The third-order valence-corrected chi connectivity index (χ3v) is 8.41. The molecule has 0 unspecified atom stereocenters. The molecule has 0 saturated heterocycles. The average Bonchev–Trinajstić information content (AvgIpc) is 3.27. The van der Waals surface area contributed by atoms with Crippen LogP contribution in [0.2, 0.25) is 0 Å². The first-order chi connectivity index (χ1) is 16.4. The Morgan fingerprint density at radius 3 is 1.15 bits per heavy atom. The van der Waals surface area contributed by atoms with Gasteiger partial charge in [-0.3, -0.25) is 0 Å². The Bertz CT molecular complexity index is 457. The molecule has 3 heteroatoms. The minimum Gasteiger partial charge on any atom is -0.0654 e. The molecule has 0 radical (unpaired) electrons. The van der Waals surface area contributed by atoms with Crippen molar-refractivity contribution in [3.05, 3.63) is 21.0 Å². The molecule has 0 fully saturated rings. The third-order valence-electron chi connectivity index (χ3n) is 6.65. The standard InChI is InChI=1S/C30H56O2Se/c1-3-5-7-9-11-13-15-17-19-23-31-25-21-29-27-33-28-30(29)22-26-32-24-20-18-16-14-12-10-8-6-4-2/h27-28H,3-26H2,1-2H3. The van der Waals surface area contributed by atoms with E-state index in [-0.39, 0.29) is 0 Å². The van der Waals surface area contributed by atoms with Crippen molar-refractivity contribution in [3.8, 4) is 0 Å². The van der Waals surface area contributed by atoms with E-state index >= 15 is 0 Å². The van der Waals surface area contributed by atoms with Gasteiger partial charge in [0.2, 0.25) is 0 Å². The van der Waals surface area contributed by atoms with Crippen molar-refractivity contribution in [1.82, 2.24) is 0 Å². The van der Waals surface area contributed by atoms with Gasteiger partial charge in [-0.05, 0) is 0 Å². The molecule has 1 heterocycles. The molecule has 194 valence electrons. The summed E-state index contributed by atoms with van der Waals surface area (Å²) in [5, 5.41) is 0. The molecule has 0 N–H and O–H groups in total. The number of ether oxygens (including phenoxy) is 2. The molecule has 2 nitrogen and oxygen atoms in total. The summed E-state index contributed by atoms with van der Waals surface area (Å²) in [7, 11) is 0. The Morgan fingerprint density at radius 1 is 0.455 bits per heavy atom. The van der Waals surface area contributed by atoms with Crippen LogP contribution in [0.3, 0.4) is 0 Å². The fraction of sp³-hybridized carbons (Fsp3) is 0.867. The van der Waals surface area contributed by atoms with Gasteiger partial charge in [-0.25, -0.2) is 0 Å². The van der Waals surface area contributed by atoms with E-state index in [1.165, 1.54) is 127 Å². The van der Waals surface area contributed by atoms with Crippen molar-refractivity contribution >= 4 is 14.5 Å². The molecule has 0 aromatic carbocycles. The van der Waals surface area contributed by atoms with E-state index in [2.05, 4.69) is 23.7 Å². The van der Waals surface area contributed by atoms with Crippen LogP contribution in [0, 0.1) is 0 Å². The van der Waals surface area contributed by atoms with Crippen LogP contribution >= 0.6 is 0 Å². The zero-order valence-electron chi connectivity index (χ0n) is 22.4. The predicted octanol–water partition coefficient (Wildman–Crippen LogP) is 8.92. The maximum absolute atomic E-state index is 5.93. The van der Waals surface area contributed by atoms with E-state index in [1.54, 1.807) is 0 Å². The zero-order chi connectivity index (χ0) is 23.7. The summed E-state index contributed by atoms with van der Waals surface area (Å²) in [6.45, 7) is 8.22. The number of hydrogen-bond acceptors (Lipinski definition) is 2. The van der Waals surface area contributed by atoms with Crippen molar-refractivity contribution in [2.24, 2.45) is 0 Å². The zero-order valence-corrected chi connectivity index (χ0v) is 24.1. The van der Waals surface area contributed by atoms with Crippen molar-refractivity contribution in [3.63, 3.8) is 0 Å². The first-order valence-electron chi connectivity index (χ1n) is 14.6. The van der Waals surface area contributed by atoms with Crippen LogP contribution in [-0.2, 0) is 22.3 Å². The second-order valence-corrected chi connectivity index (χ2v) is 11.4. The summed E-state index contributed by atoms with van der Waals surface area (Å²) < 4.78 is 11.9. The molecule has 0 atom stereocenters. The first-order valence-corrected chi connectivity index (χ1v) is 16.6. The van der Waals surface area contributed by atoms with Gasteiger partial charge >= 0.3 is 161 Å². The summed E-state index contributed by atoms with van der Waals surface area (Å²) in [5.74, 6) is 0. The molecule has 33 heavy (non-hydrogen) atoms. The van der Waals surface area contributed by atoms with E-state index in [1.807, 2.05) is 0 Å². The SMILES string of the molecule is CCCCCCCCCCCOCCc1c[se]cc1CCOCCCCCCCCCCC. The maximum atomic E-state index is 5.93. The summed E-state index contributed by atoms with van der Waals surface area (Å²) in [6.07, 6.45) is 27.0. The molecule has 0 saturated carbocycles. The van der Waals surface area contributed by atoms with Crippen LogP contribution in [0.25, 0.3) is 0 Å². The van der Waals surface area contributed by atoms with E-state index in [4.69, 9.17) is 9.47 Å². The molecule has 1 aromatic heterocycles. The molecule has 0 aliphatic heterocycles. The van der Waals surface area contributed by atoms with Crippen LogP contribution in [0.1, 0.15) is 141 Å². The number of unbranched alkanes of at least 4 members (excludes halogenated alkanes) is 16. The van der Waals surface area contributed by atoms with Gasteiger partial charge in [0.25, 0.3) is 0 Å². The van der Waals surface area contributed by atoms with Crippen molar-refractivity contribution < 1.29 is 9.47 Å². The number of rotatable bonds is 26. The van der Waals surface area contributed by atoms with E-state index < -0.39 is 0 Å². The normalized spacial score (nSPS) is 11.5. The van der Waals surface area contributed by atoms with Crippen LogP contribution in [0.5, 0.6) is 0 Å². The predicted molar refractivity (Wildman–Crippen MR) is 147 cm³/mol. The summed E-state index contributed by atoms with van der Waals surface area (Å²) in [4.78, 5) is 4.90. The van der Waals surface area contributed by atoms with Gasteiger partial charge in [0.1, 0.15) is 0 Å². The smallest absolute Gasteiger partial charge is 0.0654 e. The molecule has 1 rings (SSSR count). The Balaban J connectivity index is 1.89. The minimum atomic E-state index is 0.554. The second kappa shape index (κ2) is 25.0. The van der Waals surface area contributed by atoms with Gasteiger partial charge in [-0.1, -0.05) is 52.4 Å². The van der Waals surface area contributed by atoms with Crippen molar-refractivity contribution in [2.45, 2.75) is 142 Å². The van der Waals surface area contributed by atoms with E-state index in [0.29, 0.717) is 14.5 Å². The summed E-state index contributed by atoms with van der Waals surface area (Å²) >= 11 is 0.554. The van der Waals surface area contributed by atoms with Crippen LogP contribution in [0.15, 0.2) is 9.88 Å². The van der Waals surface area contributed by atoms with Gasteiger partial charge in [0, 0.05) is 0 Å².